The Kier molecular flexibility index (Phi) is 5.91. The number of hydrogen-bond acceptors (Lipinski definition) is 6. The number of benzene rings is 2. The van der Waals surface area contributed by atoms with Crippen molar-refractivity contribution in [1.29, 1.82) is 0 Å². The van der Waals surface area contributed by atoms with Crippen molar-refractivity contribution in [1.82, 2.24) is 15.2 Å². The molecule has 0 spiro atoms. The fourth-order valence-corrected chi connectivity index (χ4v) is 5.10. The zero-order chi connectivity index (χ0) is 22.9. The molecule has 33 heavy (non-hydrogen) atoms. The lowest BCUT2D eigenvalue weighted by Gasteiger charge is -2.38. The number of fused-ring (bicyclic) bond motifs is 1. The molecule has 0 aliphatic carbocycles. The zero-order valence-corrected chi connectivity index (χ0v) is 19.6. The highest BCUT2D eigenvalue weighted by Gasteiger charge is 2.25. The third kappa shape index (κ3) is 4.51. The van der Waals surface area contributed by atoms with Gasteiger partial charge in [0, 0.05) is 61.3 Å². The summed E-state index contributed by atoms with van der Waals surface area (Å²) in [6, 6.07) is 15.3. The van der Waals surface area contributed by atoms with Crippen molar-refractivity contribution < 1.29 is 9.59 Å². The molecule has 6 nitrogen and oxygen atoms in total. The molecule has 0 bridgehead atoms. The second-order valence-electron chi connectivity index (χ2n) is 8.68. The maximum atomic E-state index is 11.9. The van der Waals surface area contributed by atoms with E-state index in [-0.39, 0.29) is 11.1 Å². The molecule has 1 N–H and O–H groups in total. The maximum absolute atomic E-state index is 11.9. The van der Waals surface area contributed by atoms with Crippen molar-refractivity contribution in [2.45, 2.75) is 19.9 Å². The van der Waals surface area contributed by atoms with Crippen molar-refractivity contribution in [2.75, 3.05) is 31.1 Å². The molecule has 2 amide bonds. The molecule has 1 aromatic heterocycles. The Hall–Kier alpha value is -3.16. The first-order valence-corrected chi connectivity index (χ1v) is 12.0. The van der Waals surface area contributed by atoms with Crippen LogP contribution in [0.5, 0.6) is 0 Å². The Morgan fingerprint density at radius 2 is 1.76 bits per heavy atom. The van der Waals surface area contributed by atoms with Crippen LogP contribution in [0.15, 0.2) is 59.8 Å². The van der Waals surface area contributed by atoms with Crippen molar-refractivity contribution in [3.63, 3.8) is 0 Å². The molecule has 2 aromatic carbocycles. The van der Waals surface area contributed by atoms with E-state index in [1.807, 2.05) is 24.5 Å². The molecule has 2 fully saturated rings. The Bertz CT molecular complexity index is 1240. The normalized spacial score (nSPS) is 18.5. The number of carbonyl (C=O) groups excluding carboxylic acids is 2. The molecule has 7 heteroatoms. The number of imide groups is 1. The average molecular weight is 459 g/mol. The van der Waals surface area contributed by atoms with E-state index in [4.69, 9.17) is 0 Å². The second-order valence-corrected chi connectivity index (χ2v) is 9.70. The largest absolute Gasteiger partial charge is 0.369 e. The highest BCUT2D eigenvalue weighted by Crippen LogP contribution is 2.32. The third-order valence-electron chi connectivity index (χ3n) is 6.31. The predicted molar refractivity (Wildman–Crippen MR) is 135 cm³/mol. The van der Waals surface area contributed by atoms with Gasteiger partial charge in [0.05, 0.1) is 4.91 Å². The van der Waals surface area contributed by atoms with Crippen LogP contribution >= 0.6 is 11.8 Å². The number of piperazine rings is 1. The van der Waals surface area contributed by atoms with Crippen LogP contribution in [0, 0.1) is 0 Å². The molecule has 3 heterocycles. The molecule has 168 valence electrons. The molecule has 0 saturated carbocycles. The van der Waals surface area contributed by atoms with Gasteiger partial charge in [0.1, 0.15) is 0 Å². The number of anilines is 1. The van der Waals surface area contributed by atoms with Gasteiger partial charge >= 0.3 is 0 Å². The summed E-state index contributed by atoms with van der Waals surface area (Å²) in [5.41, 5.74) is 4.27. The van der Waals surface area contributed by atoms with E-state index in [9.17, 15) is 9.59 Å². The van der Waals surface area contributed by atoms with E-state index in [1.165, 1.54) is 5.69 Å². The van der Waals surface area contributed by atoms with Gasteiger partial charge in [-0.15, -0.1) is 0 Å². The number of carbonyl (C=O) groups is 2. The van der Waals surface area contributed by atoms with Gasteiger partial charge in [-0.25, -0.2) is 0 Å². The van der Waals surface area contributed by atoms with Gasteiger partial charge in [-0.3, -0.25) is 24.8 Å². The lowest BCUT2D eigenvalue weighted by molar-refractivity contribution is -0.115. The summed E-state index contributed by atoms with van der Waals surface area (Å²) in [4.78, 5) is 33.2. The van der Waals surface area contributed by atoms with Crippen molar-refractivity contribution >= 4 is 45.4 Å². The van der Waals surface area contributed by atoms with Crippen LogP contribution in [0.2, 0.25) is 0 Å². The van der Waals surface area contributed by atoms with E-state index in [0.29, 0.717) is 10.9 Å². The minimum absolute atomic E-state index is 0.331. The van der Waals surface area contributed by atoms with Crippen LogP contribution in [-0.4, -0.2) is 53.3 Å². The summed E-state index contributed by atoms with van der Waals surface area (Å²) >= 11 is 0.933. The van der Waals surface area contributed by atoms with E-state index in [1.54, 1.807) is 6.08 Å². The smallest absolute Gasteiger partial charge is 0.290 e. The van der Waals surface area contributed by atoms with Gasteiger partial charge < -0.3 is 4.90 Å². The molecule has 0 atom stereocenters. The molecule has 5 rings (SSSR count). The van der Waals surface area contributed by atoms with Crippen LogP contribution < -0.4 is 10.2 Å². The Morgan fingerprint density at radius 3 is 2.42 bits per heavy atom. The van der Waals surface area contributed by atoms with Crippen molar-refractivity contribution in [3.05, 3.63) is 65.3 Å². The van der Waals surface area contributed by atoms with Crippen LogP contribution in [0.4, 0.5) is 10.5 Å². The zero-order valence-electron chi connectivity index (χ0n) is 18.7. The molecular formula is C26H26N4O2S. The average Bonchev–Trinajstić information content (AvgIpc) is 3.15. The topological polar surface area (TPSA) is 65.5 Å². The third-order valence-corrected chi connectivity index (χ3v) is 7.12. The highest BCUT2D eigenvalue weighted by molar-refractivity contribution is 8.18. The van der Waals surface area contributed by atoms with E-state index >= 15 is 0 Å². The first-order chi connectivity index (χ1) is 16.0. The SMILES string of the molecule is CC(C)N1CCN(c2ccc(-c3cncc4ccc(C=C5SC(=O)NC5=O)cc34)cc2)CC1. The second kappa shape index (κ2) is 9.00. The fraction of sp³-hybridized carbons (Fsp3) is 0.269. The van der Waals surface area contributed by atoms with Gasteiger partial charge in [-0.2, -0.15) is 0 Å². The van der Waals surface area contributed by atoms with Gasteiger partial charge in [0.25, 0.3) is 11.1 Å². The molecule has 0 radical (unpaired) electrons. The molecule has 2 aliphatic heterocycles. The molecule has 2 aliphatic rings. The van der Waals surface area contributed by atoms with Gasteiger partial charge in [0.2, 0.25) is 0 Å². The number of nitrogens with one attached hydrogen (secondary N) is 1. The first-order valence-electron chi connectivity index (χ1n) is 11.2. The number of amides is 2. The summed E-state index contributed by atoms with van der Waals surface area (Å²) < 4.78 is 0. The number of rotatable bonds is 4. The van der Waals surface area contributed by atoms with Crippen LogP contribution in [0.25, 0.3) is 28.0 Å². The van der Waals surface area contributed by atoms with Crippen LogP contribution in [0.3, 0.4) is 0 Å². The van der Waals surface area contributed by atoms with E-state index in [2.05, 4.69) is 64.3 Å². The van der Waals surface area contributed by atoms with Crippen molar-refractivity contribution in [3.8, 4) is 11.1 Å². The summed E-state index contributed by atoms with van der Waals surface area (Å²) in [5.74, 6) is -0.343. The molecule has 3 aromatic rings. The predicted octanol–water partition coefficient (Wildman–Crippen LogP) is 4.76. The summed E-state index contributed by atoms with van der Waals surface area (Å²) in [7, 11) is 0. The lowest BCUT2D eigenvalue weighted by atomic mass is 9.98. The molecule has 0 unspecified atom stereocenters. The monoisotopic (exact) mass is 458 g/mol. The minimum Gasteiger partial charge on any atom is -0.369 e. The van der Waals surface area contributed by atoms with E-state index in [0.717, 1.165) is 65.4 Å². The number of thioether (sulfide) groups is 1. The Balaban J connectivity index is 1.42. The summed E-state index contributed by atoms with van der Waals surface area (Å²) in [6.45, 7) is 8.77. The van der Waals surface area contributed by atoms with Crippen molar-refractivity contribution in [2.24, 2.45) is 0 Å². The maximum Gasteiger partial charge on any atom is 0.290 e. The number of pyridine rings is 1. The molecule has 2 saturated heterocycles. The van der Waals surface area contributed by atoms with Crippen LogP contribution in [0.1, 0.15) is 19.4 Å². The van der Waals surface area contributed by atoms with Crippen LogP contribution in [-0.2, 0) is 4.79 Å². The number of nitrogens with zero attached hydrogens (tertiary/aromatic N) is 3. The number of hydrogen-bond donors (Lipinski definition) is 1. The lowest BCUT2D eigenvalue weighted by Crippen LogP contribution is -2.48. The Morgan fingerprint density at radius 1 is 1.00 bits per heavy atom. The summed E-state index contributed by atoms with van der Waals surface area (Å²) in [5, 5.41) is 4.06. The van der Waals surface area contributed by atoms with Gasteiger partial charge in [0.15, 0.2) is 0 Å². The highest BCUT2D eigenvalue weighted by atomic mass is 32.2. The van der Waals surface area contributed by atoms with Gasteiger partial charge in [-0.1, -0.05) is 24.3 Å². The minimum atomic E-state index is -0.343. The Labute approximate surface area is 197 Å². The summed E-state index contributed by atoms with van der Waals surface area (Å²) in [6.07, 6.45) is 5.49. The molecular weight excluding hydrogens is 432 g/mol. The standard InChI is InChI=1S/C26H26N4O2S/c1-17(2)29-9-11-30(12-10-29)21-7-5-19(6-8-21)23-16-27-15-20-4-3-18(13-22(20)23)14-24-25(31)28-26(32)33-24/h3-8,13-17H,9-12H2,1-2H3,(H,28,31,32). The fourth-order valence-electron chi connectivity index (χ4n) is 4.42. The first kappa shape index (κ1) is 21.7. The van der Waals surface area contributed by atoms with Gasteiger partial charge in [-0.05, 0) is 66.4 Å². The quantitative estimate of drug-likeness (QED) is 0.569. The number of aromatic nitrogens is 1. The van der Waals surface area contributed by atoms with E-state index < -0.39 is 0 Å².